The molecule has 0 radical (unpaired) electrons. The molecule has 1 aliphatic heterocycles. The fourth-order valence-electron chi connectivity index (χ4n) is 3.35. The molecule has 122 valence electrons. The van der Waals surface area contributed by atoms with E-state index in [9.17, 15) is 0 Å². The third-order valence-electron chi connectivity index (χ3n) is 4.43. The lowest BCUT2D eigenvalue weighted by atomic mass is 10.1. The molecule has 0 saturated carbocycles. The van der Waals surface area contributed by atoms with Gasteiger partial charge in [-0.25, -0.2) is 0 Å². The van der Waals surface area contributed by atoms with Crippen molar-refractivity contribution in [1.29, 1.82) is 0 Å². The molecule has 3 rings (SSSR count). The van der Waals surface area contributed by atoms with Gasteiger partial charge in [-0.05, 0) is 50.4 Å². The molecule has 2 aromatic rings. The number of para-hydroxylation sites is 1. The molecular formula is C17H25Cl2N3. The summed E-state index contributed by atoms with van der Waals surface area (Å²) >= 11 is 0. The molecule has 1 fully saturated rings. The van der Waals surface area contributed by atoms with Gasteiger partial charge < -0.3 is 5.73 Å². The Kier molecular flexibility index (Phi) is 7.07. The Morgan fingerprint density at radius 1 is 1.27 bits per heavy atom. The highest BCUT2D eigenvalue weighted by atomic mass is 35.5. The second-order valence-corrected chi connectivity index (χ2v) is 6.06. The van der Waals surface area contributed by atoms with Crippen molar-refractivity contribution in [3.8, 4) is 0 Å². The maximum Gasteiger partial charge on any atom is 0.0708 e. The van der Waals surface area contributed by atoms with E-state index in [-0.39, 0.29) is 24.8 Å². The number of halogens is 2. The number of benzene rings is 1. The van der Waals surface area contributed by atoms with E-state index in [1.54, 1.807) is 0 Å². The molecule has 2 heterocycles. The van der Waals surface area contributed by atoms with Gasteiger partial charge in [0, 0.05) is 30.2 Å². The van der Waals surface area contributed by atoms with Gasteiger partial charge in [-0.3, -0.25) is 9.88 Å². The van der Waals surface area contributed by atoms with Crippen molar-refractivity contribution < 1.29 is 0 Å². The van der Waals surface area contributed by atoms with E-state index < -0.39 is 0 Å². The highest BCUT2D eigenvalue weighted by molar-refractivity contribution is 5.85. The van der Waals surface area contributed by atoms with Crippen molar-refractivity contribution in [1.82, 2.24) is 9.88 Å². The minimum absolute atomic E-state index is 0. The molecule has 2 atom stereocenters. The zero-order valence-electron chi connectivity index (χ0n) is 13.2. The van der Waals surface area contributed by atoms with Gasteiger partial charge in [-0.1, -0.05) is 18.2 Å². The second kappa shape index (κ2) is 8.11. The maximum atomic E-state index is 5.83. The Labute approximate surface area is 145 Å². The van der Waals surface area contributed by atoms with Crippen LogP contribution in [0, 0.1) is 12.8 Å². The van der Waals surface area contributed by atoms with Crippen LogP contribution in [-0.2, 0) is 6.54 Å². The quantitative estimate of drug-likeness (QED) is 0.927. The number of nitrogens with two attached hydrogens (primary N) is 1. The van der Waals surface area contributed by atoms with Crippen LogP contribution in [-0.4, -0.2) is 29.0 Å². The Bertz CT molecular complexity index is 618. The normalized spacial score (nSPS) is 21.4. The van der Waals surface area contributed by atoms with E-state index in [1.807, 2.05) is 0 Å². The van der Waals surface area contributed by atoms with E-state index >= 15 is 0 Å². The van der Waals surface area contributed by atoms with Crippen LogP contribution in [0.4, 0.5) is 0 Å². The van der Waals surface area contributed by atoms with Crippen molar-refractivity contribution in [3.63, 3.8) is 0 Å². The fourth-order valence-corrected chi connectivity index (χ4v) is 3.35. The Balaban J connectivity index is 0.00000121. The van der Waals surface area contributed by atoms with E-state index in [0.717, 1.165) is 30.8 Å². The zero-order valence-corrected chi connectivity index (χ0v) is 14.8. The van der Waals surface area contributed by atoms with Gasteiger partial charge in [0.25, 0.3) is 0 Å². The summed E-state index contributed by atoms with van der Waals surface area (Å²) < 4.78 is 0. The van der Waals surface area contributed by atoms with Crippen LogP contribution in [0.3, 0.4) is 0 Å². The molecule has 2 N–H and O–H groups in total. The second-order valence-electron chi connectivity index (χ2n) is 6.06. The molecule has 1 aromatic heterocycles. The van der Waals surface area contributed by atoms with Gasteiger partial charge >= 0.3 is 0 Å². The summed E-state index contributed by atoms with van der Waals surface area (Å²) in [6, 6.07) is 11.3. The Hall–Kier alpha value is -0.870. The Morgan fingerprint density at radius 3 is 2.68 bits per heavy atom. The SMILES string of the molecule is Cc1cc(CN2CC(CN)CC2C)c2ccccc2n1.Cl.Cl. The summed E-state index contributed by atoms with van der Waals surface area (Å²) in [4.78, 5) is 7.18. The van der Waals surface area contributed by atoms with E-state index in [2.05, 4.69) is 54.1 Å². The molecule has 3 nitrogen and oxygen atoms in total. The summed E-state index contributed by atoms with van der Waals surface area (Å²) in [6.45, 7) is 7.31. The van der Waals surface area contributed by atoms with Crippen molar-refractivity contribution in [2.75, 3.05) is 13.1 Å². The summed E-state index contributed by atoms with van der Waals surface area (Å²) in [6.07, 6.45) is 1.22. The lowest BCUT2D eigenvalue weighted by molar-refractivity contribution is 0.257. The number of rotatable bonds is 3. The molecule has 1 saturated heterocycles. The molecule has 1 aromatic carbocycles. The summed E-state index contributed by atoms with van der Waals surface area (Å²) in [5.41, 5.74) is 9.42. The van der Waals surface area contributed by atoms with Crippen molar-refractivity contribution >= 4 is 35.7 Å². The molecule has 5 heteroatoms. The number of nitrogens with zero attached hydrogens (tertiary/aromatic N) is 2. The lowest BCUT2D eigenvalue weighted by Crippen LogP contribution is -2.27. The van der Waals surface area contributed by atoms with Gasteiger partial charge in [0.1, 0.15) is 0 Å². The minimum atomic E-state index is 0. The number of pyridine rings is 1. The molecular weight excluding hydrogens is 317 g/mol. The first-order valence-corrected chi connectivity index (χ1v) is 7.46. The molecule has 0 bridgehead atoms. The first kappa shape index (κ1) is 19.2. The van der Waals surface area contributed by atoms with Crippen LogP contribution < -0.4 is 5.73 Å². The highest BCUT2D eigenvalue weighted by Crippen LogP contribution is 2.26. The Morgan fingerprint density at radius 2 is 2.00 bits per heavy atom. The fraction of sp³-hybridized carbons (Fsp3) is 0.471. The van der Waals surface area contributed by atoms with Gasteiger partial charge in [0.05, 0.1) is 5.52 Å². The predicted molar refractivity (Wildman–Crippen MR) is 98.0 cm³/mol. The molecule has 1 aliphatic rings. The van der Waals surface area contributed by atoms with Crippen molar-refractivity contribution in [3.05, 3.63) is 41.6 Å². The van der Waals surface area contributed by atoms with Crippen LogP contribution >= 0.6 is 24.8 Å². The topological polar surface area (TPSA) is 42.1 Å². The number of hydrogen-bond donors (Lipinski definition) is 1. The maximum absolute atomic E-state index is 5.83. The van der Waals surface area contributed by atoms with E-state index in [4.69, 9.17) is 5.73 Å². The van der Waals surface area contributed by atoms with Gasteiger partial charge in [-0.15, -0.1) is 24.8 Å². The number of aromatic nitrogens is 1. The smallest absolute Gasteiger partial charge is 0.0708 e. The summed E-state index contributed by atoms with van der Waals surface area (Å²) in [5.74, 6) is 0.652. The number of aryl methyl sites for hydroxylation is 1. The van der Waals surface area contributed by atoms with Crippen molar-refractivity contribution in [2.24, 2.45) is 11.7 Å². The molecule has 0 spiro atoms. The van der Waals surface area contributed by atoms with Gasteiger partial charge in [0.15, 0.2) is 0 Å². The lowest BCUT2D eigenvalue weighted by Gasteiger charge is -2.22. The number of hydrogen-bond acceptors (Lipinski definition) is 3. The van der Waals surface area contributed by atoms with Crippen LogP contribution in [0.15, 0.2) is 30.3 Å². The zero-order chi connectivity index (χ0) is 14.1. The molecule has 2 unspecified atom stereocenters. The van der Waals surface area contributed by atoms with Crippen LogP contribution in [0.5, 0.6) is 0 Å². The van der Waals surface area contributed by atoms with Crippen LogP contribution in [0.1, 0.15) is 24.6 Å². The van der Waals surface area contributed by atoms with Gasteiger partial charge in [0.2, 0.25) is 0 Å². The molecule has 22 heavy (non-hydrogen) atoms. The van der Waals surface area contributed by atoms with Crippen LogP contribution in [0.25, 0.3) is 10.9 Å². The summed E-state index contributed by atoms with van der Waals surface area (Å²) in [5, 5.41) is 1.28. The average Bonchev–Trinajstić information content (AvgIpc) is 2.79. The predicted octanol–water partition coefficient (Wildman–Crippen LogP) is 3.56. The largest absolute Gasteiger partial charge is 0.330 e. The van der Waals surface area contributed by atoms with Crippen molar-refractivity contribution in [2.45, 2.75) is 32.9 Å². The van der Waals surface area contributed by atoms with E-state index in [1.165, 1.54) is 17.4 Å². The van der Waals surface area contributed by atoms with Crippen LogP contribution in [0.2, 0.25) is 0 Å². The van der Waals surface area contributed by atoms with E-state index in [0.29, 0.717) is 12.0 Å². The standard InChI is InChI=1S/C17H23N3.2ClH/c1-12-7-15(16-5-3-4-6-17(16)19-12)11-20-10-14(9-18)8-13(20)2;;/h3-7,13-14H,8-11,18H2,1-2H3;2*1H. The monoisotopic (exact) mass is 341 g/mol. The molecule has 0 amide bonds. The third kappa shape index (κ3) is 3.90. The number of likely N-dealkylation sites (tertiary alicyclic amines) is 1. The van der Waals surface area contributed by atoms with Gasteiger partial charge in [-0.2, -0.15) is 0 Å². The number of fused-ring (bicyclic) bond motifs is 1. The minimum Gasteiger partial charge on any atom is -0.330 e. The first-order valence-electron chi connectivity index (χ1n) is 7.46. The third-order valence-corrected chi connectivity index (χ3v) is 4.43. The molecule has 0 aliphatic carbocycles. The average molecular weight is 342 g/mol. The first-order chi connectivity index (χ1) is 9.67. The highest BCUT2D eigenvalue weighted by Gasteiger charge is 2.28. The summed E-state index contributed by atoms with van der Waals surface area (Å²) in [7, 11) is 0.